The smallest absolute Gasteiger partial charge is 0.266 e. The molecule has 0 aliphatic rings. The zero-order valence-electron chi connectivity index (χ0n) is 17.8. The molecule has 0 atom stereocenters. The average molecular weight is 423 g/mol. The zero-order valence-corrected chi connectivity index (χ0v) is 17.8. The first kappa shape index (κ1) is 21.9. The van der Waals surface area contributed by atoms with Gasteiger partial charge in [0.25, 0.3) is 5.56 Å². The summed E-state index contributed by atoms with van der Waals surface area (Å²) < 4.78 is 17.1. The Balaban J connectivity index is 1.64. The molecule has 0 bridgehead atoms. The molecule has 31 heavy (non-hydrogen) atoms. The van der Waals surface area contributed by atoms with Crippen LogP contribution in [-0.2, 0) is 11.3 Å². The van der Waals surface area contributed by atoms with E-state index in [1.54, 1.807) is 63.8 Å². The van der Waals surface area contributed by atoms with Crippen molar-refractivity contribution in [2.45, 2.75) is 19.4 Å². The molecule has 8 nitrogen and oxygen atoms in total. The molecule has 3 aromatic rings. The number of hydrogen-bond donors (Lipinski definition) is 1. The van der Waals surface area contributed by atoms with Crippen LogP contribution in [0.2, 0.25) is 0 Å². The second-order valence-corrected chi connectivity index (χ2v) is 6.73. The molecule has 0 unspecified atom stereocenters. The Morgan fingerprint density at radius 1 is 0.968 bits per heavy atom. The summed E-state index contributed by atoms with van der Waals surface area (Å²) in [5.74, 6) is 1.72. The maximum absolute atomic E-state index is 12.2. The number of ether oxygens (including phenoxy) is 3. The van der Waals surface area contributed by atoms with E-state index in [-0.39, 0.29) is 17.9 Å². The van der Waals surface area contributed by atoms with Crippen LogP contribution in [0.25, 0.3) is 11.3 Å². The van der Waals surface area contributed by atoms with Gasteiger partial charge in [-0.1, -0.05) is 6.07 Å². The van der Waals surface area contributed by atoms with Crippen molar-refractivity contribution in [1.29, 1.82) is 0 Å². The first-order valence-corrected chi connectivity index (χ1v) is 9.78. The van der Waals surface area contributed by atoms with Crippen molar-refractivity contribution in [3.8, 4) is 28.5 Å². The van der Waals surface area contributed by atoms with Gasteiger partial charge in [-0.05, 0) is 42.8 Å². The maximum atomic E-state index is 12.2. The molecule has 2 aromatic carbocycles. The highest BCUT2D eigenvalue weighted by Crippen LogP contribution is 2.31. The summed E-state index contributed by atoms with van der Waals surface area (Å²) in [6.07, 6.45) is 0.726. The highest BCUT2D eigenvalue weighted by molar-refractivity contribution is 5.90. The molecular weight excluding hydrogens is 398 g/mol. The van der Waals surface area contributed by atoms with E-state index in [4.69, 9.17) is 14.2 Å². The fraction of sp³-hybridized carbons (Fsp3) is 0.261. The van der Waals surface area contributed by atoms with E-state index < -0.39 is 0 Å². The minimum atomic E-state index is -0.225. The second-order valence-electron chi connectivity index (χ2n) is 6.73. The van der Waals surface area contributed by atoms with E-state index in [9.17, 15) is 9.59 Å². The second kappa shape index (κ2) is 10.3. The predicted octanol–water partition coefficient (Wildman–Crippen LogP) is 3.36. The maximum Gasteiger partial charge on any atom is 0.266 e. The summed E-state index contributed by atoms with van der Waals surface area (Å²) in [7, 11) is 4.70. The Morgan fingerprint density at radius 2 is 1.77 bits per heavy atom. The molecule has 0 aliphatic heterocycles. The Morgan fingerprint density at radius 3 is 2.52 bits per heavy atom. The summed E-state index contributed by atoms with van der Waals surface area (Å²) in [5.41, 5.74) is 1.86. The molecule has 3 rings (SSSR count). The van der Waals surface area contributed by atoms with E-state index in [0.717, 1.165) is 5.56 Å². The number of aromatic nitrogens is 2. The first-order chi connectivity index (χ1) is 15.0. The van der Waals surface area contributed by atoms with Crippen molar-refractivity contribution in [3.63, 3.8) is 0 Å². The van der Waals surface area contributed by atoms with Gasteiger partial charge in [-0.15, -0.1) is 0 Å². The number of nitrogens with zero attached hydrogens (tertiary/aromatic N) is 2. The number of benzene rings is 2. The lowest BCUT2D eigenvalue weighted by molar-refractivity contribution is -0.116. The number of rotatable bonds is 9. The van der Waals surface area contributed by atoms with Crippen molar-refractivity contribution in [2.75, 3.05) is 26.6 Å². The Bertz CT molecular complexity index is 1110. The van der Waals surface area contributed by atoms with Crippen molar-refractivity contribution >= 4 is 11.6 Å². The molecule has 0 radical (unpaired) electrons. The number of anilines is 1. The van der Waals surface area contributed by atoms with Gasteiger partial charge in [-0.2, -0.15) is 5.10 Å². The Labute approximate surface area is 180 Å². The minimum Gasteiger partial charge on any atom is -0.497 e. The predicted molar refractivity (Wildman–Crippen MR) is 118 cm³/mol. The minimum absolute atomic E-state index is 0.141. The van der Waals surface area contributed by atoms with Crippen molar-refractivity contribution in [3.05, 3.63) is 65.0 Å². The molecule has 162 valence electrons. The van der Waals surface area contributed by atoms with Crippen LogP contribution in [-0.4, -0.2) is 37.0 Å². The molecule has 0 saturated heterocycles. The lowest BCUT2D eigenvalue weighted by Gasteiger charge is -2.11. The molecule has 0 spiro atoms. The Hall–Kier alpha value is -3.81. The van der Waals surface area contributed by atoms with Crippen molar-refractivity contribution < 1.29 is 19.0 Å². The van der Waals surface area contributed by atoms with E-state index in [2.05, 4.69) is 10.4 Å². The van der Waals surface area contributed by atoms with Crippen LogP contribution in [0.5, 0.6) is 17.2 Å². The van der Waals surface area contributed by atoms with Gasteiger partial charge in [-0.3, -0.25) is 9.59 Å². The normalized spacial score (nSPS) is 10.4. The molecule has 1 heterocycles. The molecule has 1 aromatic heterocycles. The molecule has 0 fully saturated rings. The van der Waals surface area contributed by atoms with Gasteiger partial charge in [0.05, 0.1) is 27.0 Å². The summed E-state index contributed by atoms with van der Waals surface area (Å²) in [6, 6.07) is 15.7. The van der Waals surface area contributed by atoms with Gasteiger partial charge < -0.3 is 19.5 Å². The van der Waals surface area contributed by atoms with Crippen molar-refractivity contribution in [1.82, 2.24) is 9.78 Å². The van der Waals surface area contributed by atoms with Gasteiger partial charge in [0, 0.05) is 36.3 Å². The SMILES string of the molecule is COc1cccc(NC(=O)CCCn2nc(-c3ccc(OC)c(OC)c3)ccc2=O)c1. The third kappa shape index (κ3) is 5.63. The third-order valence-electron chi connectivity index (χ3n) is 4.67. The summed E-state index contributed by atoms with van der Waals surface area (Å²) in [5, 5.41) is 7.26. The highest BCUT2D eigenvalue weighted by atomic mass is 16.5. The van der Waals surface area contributed by atoms with Crippen LogP contribution in [0.3, 0.4) is 0 Å². The summed E-state index contributed by atoms with van der Waals surface area (Å²) >= 11 is 0. The van der Waals surface area contributed by atoms with Gasteiger partial charge in [-0.25, -0.2) is 4.68 Å². The van der Waals surface area contributed by atoms with Gasteiger partial charge in [0.1, 0.15) is 5.75 Å². The quantitative estimate of drug-likeness (QED) is 0.568. The number of methoxy groups -OCH3 is 3. The lowest BCUT2D eigenvalue weighted by Crippen LogP contribution is -2.23. The number of nitrogens with one attached hydrogen (secondary N) is 1. The Kier molecular flexibility index (Phi) is 7.26. The number of carbonyl (C=O) groups is 1. The van der Waals surface area contributed by atoms with Crippen LogP contribution in [0.1, 0.15) is 12.8 Å². The summed E-state index contributed by atoms with van der Waals surface area (Å²) in [6.45, 7) is 0.325. The molecule has 1 amide bonds. The monoisotopic (exact) mass is 423 g/mol. The highest BCUT2D eigenvalue weighted by Gasteiger charge is 2.10. The first-order valence-electron chi connectivity index (χ1n) is 9.78. The fourth-order valence-corrected chi connectivity index (χ4v) is 3.07. The van der Waals surface area contributed by atoms with Crippen LogP contribution in [0, 0.1) is 0 Å². The van der Waals surface area contributed by atoms with Crippen LogP contribution in [0.15, 0.2) is 59.4 Å². The number of amides is 1. The number of hydrogen-bond acceptors (Lipinski definition) is 6. The van der Waals surface area contributed by atoms with E-state index in [0.29, 0.717) is 41.6 Å². The standard InChI is InChI=1S/C23H25N3O5/c1-29-18-7-4-6-17(15-18)24-22(27)8-5-13-26-23(28)12-10-19(25-26)16-9-11-20(30-2)21(14-16)31-3/h4,6-7,9-12,14-15H,5,8,13H2,1-3H3,(H,24,27). The fourth-order valence-electron chi connectivity index (χ4n) is 3.07. The van der Waals surface area contributed by atoms with Crippen molar-refractivity contribution in [2.24, 2.45) is 0 Å². The molecule has 0 aliphatic carbocycles. The van der Waals surface area contributed by atoms with E-state index in [1.165, 1.54) is 10.7 Å². The van der Waals surface area contributed by atoms with Gasteiger partial charge >= 0.3 is 0 Å². The molecule has 8 heteroatoms. The van der Waals surface area contributed by atoms with Crippen LogP contribution >= 0.6 is 0 Å². The van der Waals surface area contributed by atoms with E-state index >= 15 is 0 Å². The van der Waals surface area contributed by atoms with Crippen LogP contribution < -0.4 is 25.1 Å². The lowest BCUT2D eigenvalue weighted by atomic mass is 10.1. The summed E-state index contributed by atoms with van der Waals surface area (Å²) in [4.78, 5) is 24.4. The van der Waals surface area contributed by atoms with Gasteiger partial charge in [0.15, 0.2) is 11.5 Å². The third-order valence-corrected chi connectivity index (χ3v) is 4.67. The van der Waals surface area contributed by atoms with E-state index in [1.807, 2.05) is 6.07 Å². The van der Waals surface area contributed by atoms with Crippen LogP contribution in [0.4, 0.5) is 5.69 Å². The zero-order chi connectivity index (χ0) is 22.2. The van der Waals surface area contributed by atoms with Gasteiger partial charge in [0.2, 0.25) is 5.91 Å². The largest absolute Gasteiger partial charge is 0.497 e. The molecule has 1 N–H and O–H groups in total. The number of aryl methyl sites for hydroxylation is 1. The molecule has 0 saturated carbocycles. The molecular formula is C23H25N3O5. The number of carbonyl (C=O) groups excluding carboxylic acids is 1. The topological polar surface area (TPSA) is 91.7 Å². The average Bonchev–Trinajstić information content (AvgIpc) is 2.79.